The first-order chi connectivity index (χ1) is 10.3. The number of hydrogen-bond acceptors (Lipinski definition) is 4. The summed E-state index contributed by atoms with van der Waals surface area (Å²) in [5.74, 6) is 0.0521. The zero-order valence-electron chi connectivity index (χ0n) is 10.7. The van der Waals surface area contributed by atoms with Gasteiger partial charge in [0.2, 0.25) is 0 Å². The molecule has 8 nitrogen and oxygen atoms in total. The van der Waals surface area contributed by atoms with Crippen molar-refractivity contribution < 1.29 is 4.79 Å². The van der Waals surface area contributed by atoms with E-state index in [1.165, 1.54) is 0 Å². The first-order valence-electron chi connectivity index (χ1n) is 6.03. The second-order valence-corrected chi connectivity index (χ2v) is 4.16. The molecule has 3 aromatic rings. The molecule has 0 fully saturated rings. The summed E-state index contributed by atoms with van der Waals surface area (Å²) in [5.41, 5.74) is 10.5. The Labute approximate surface area is 118 Å². The number of benzene rings is 1. The lowest BCUT2D eigenvalue weighted by Crippen LogP contribution is -2.12. The van der Waals surface area contributed by atoms with Crippen LogP contribution in [0.1, 0.15) is 10.4 Å². The Morgan fingerprint density at radius 1 is 1.29 bits per heavy atom. The molecule has 3 rings (SSSR count). The Balaban J connectivity index is 1.84. The maximum atomic E-state index is 12.1. The molecule has 8 heteroatoms. The Morgan fingerprint density at radius 3 is 2.86 bits per heavy atom. The third-order valence-electron chi connectivity index (χ3n) is 2.84. The quantitative estimate of drug-likeness (QED) is 0.435. The summed E-state index contributed by atoms with van der Waals surface area (Å²) < 4.78 is 0. The first-order valence-corrected chi connectivity index (χ1v) is 6.03. The number of anilines is 1. The van der Waals surface area contributed by atoms with Crippen molar-refractivity contribution in [1.29, 1.82) is 0 Å². The molecule has 21 heavy (non-hydrogen) atoms. The molecule has 2 aromatic heterocycles. The molecule has 2 N–H and O–H groups in total. The first kappa shape index (κ1) is 12.6. The summed E-state index contributed by atoms with van der Waals surface area (Å²) >= 11 is 0. The van der Waals surface area contributed by atoms with Crippen LogP contribution in [0.4, 0.5) is 11.5 Å². The van der Waals surface area contributed by atoms with Gasteiger partial charge >= 0.3 is 0 Å². The van der Waals surface area contributed by atoms with E-state index < -0.39 is 0 Å². The number of nitrogens with zero attached hydrogens (tertiary/aromatic N) is 5. The topological polar surface area (TPSA) is 119 Å². The molecule has 1 amide bonds. The number of hydrogen-bond donors (Lipinski definition) is 2. The van der Waals surface area contributed by atoms with Crippen molar-refractivity contribution in [2.24, 2.45) is 5.11 Å². The molecule has 0 bridgehead atoms. The molecule has 0 saturated carbocycles. The fourth-order valence-corrected chi connectivity index (χ4v) is 1.85. The molecule has 102 valence electrons. The molecule has 0 aliphatic heterocycles. The summed E-state index contributed by atoms with van der Waals surface area (Å²) in [6, 6.07) is 9.87. The van der Waals surface area contributed by atoms with E-state index in [0.29, 0.717) is 22.6 Å². The van der Waals surface area contributed by atoms with Crippen LogP contribution >= 0.6 is 0 Å². The second-order valence-electron chi connectivity index (χ2n) is 4.16. The monoisotopic (exact) mass is 279 g/mol. The van der Waals surface area contributed by atoms with Gasteiger partial charge in [-0.05, 0) is 29.8 Å². The van der Waals surface area contributed by atoms with E-state index in [4.69, 9.17) is 5.53 Å². The predicted molar refractivity (Wildman–Crippen MR) is 77.1 cm³/mol. The zero-order chi connectivity index (χ0) is 14.7. The van der Waals surface area contributed by atoms with Crippen molar-refractivity contribution in [2.45, 2.75) is 0 Å². The standard InChI is InChI=1S/C13H9N7O/c14-20-17-9-5-3-8(4-6-9)13(21)16-12-11-10(18-19-12)2-1-7-15-11/h1-7H,(H2,16,18,19,21). The van der Waals surface area contributed by atoms with Crippen molar-refractivity contribution >= 4 is 28.4 Å². The molecule has 1 aromatic carbocycles. The van der Waals surface area contributed by atoms with Gasteiger partial charge in [-0.3, -0.25) is 14.9 Å². The number of nitrogens with one attached hydrogen (secondary N) is 2. The highest BCUT2D eigenvalue weighted by Gasteiger charge is 2.11. The summed E-state index contributed by atoms with van der Waals surface area (Å²) in [6.07, 6.45) is 1.63. The van der Waals surface area contributed by atoms with Crippen molar-refractivity contribution in [2.75, 3.05) is 5.32 Å². The highest BCUT2D eigenvalue weighted by atomic mass is 16.1. The lowest BCUT2D eigenvalue weighted by molar-refractivity contribution is 0.102. The Bertz CT molecular complexity index is 846. The van der Waals surface area contributed by atoms with Gasteiger partial charge in [0.25, 0.3) is 5.91 Å². The van der Waals surface area contributed by atoms with Crippen LogP contribution in [0, 0.1) is 0 Å². The van der Waals surface area contributed by atoms with Crippen molar-refractivity contribution in [3.8, 4) is 0 Å². The van der Waals surface area contributed by atoms with Crippen molar-refractivity contribution in [3.05, 3.63) is 58.6 Å². The van der Waals surface area contributed by atoms with E-state index in [0.717, 1.165) is 5.52 Å². The third-order valence-corrected chi connectivity index (χ3v) is 2.84. The van der Waals surface area contributed by atoms with Crippen LogP contribution < -0.4 is 5.32 Å². The van der Waals surface area contributed by atoms with Crippen molar-refractivity contribution in [1.82, 2.24) is 15.2 Å². The molecule has 0 aliphatic carbocycles. The van der Waals surface area contributed by atoms with E-state index in [9.17, 15) is 4.79 Å². The maximum Gasteiger partial charge on any atom is 0.256 e. The third kappa shape index (κ3) is 2.51. The van der Waals surface area contributed by atoms with Gasteiger partial charge in [-0.25, -0.2) is 0 Å². The Kier molecular flexibility index (Phi) is 3.20. The highest BCUT2D eigenvalue weighted by Crippen LogP contribution is 2.18. The number of aromatic amines is 1. The fraction of sp³-hybridized carbons (Fsp3) is 0. The van der Waals surface area contributed by atoms with Gasteiger partial charge in [0.1, 0.15) is 5.52 Å². The Hall–Kier alpha value is -3.38. The number of rotatable bonds is 3. The summed E-state index contributed by atoms with van der Waals surface area (Å²) in [5, 5.41) is 12.9. The molecule has 2 heterocycles. The molecule has 0 atom stereocenters. The lowest BCUT2D eigenvalue weighted by atomic mass is 10.2. The molecular weight excluding hydrogens is 270 g/mol. The van der Waals surface area contributed by atoms with Crippen LogP contribution in [-0.2, 0) is 0 Å². The number of pyridine rings is 1. The molecule has 0 saturated heterocycles. The number of azide groups is 1. The van der Waals surface area contributed by atoms with Gasteiger partial charge in [-0.15, -0.1) is 0 Å². The van der Waals surface area contributed by atoms with Gasteiger partial charge in [0, 0.05) is 22.4 Å². The minimum absolute atomic E-state index is 0.318. The lowest BCUT2D eigenvalue weighted by Gasteiger charge is -2.02. The highest BCUT2D eigenvalue weighted by molar-refractivity contribution is 6.07. The van der Waals surface area contributed by atoms with E-state index in [2.05, 4.69) is 30.5 Å². The van der Waals surface area contributed by atoms with Gasteiger partial charge in [-0.2, -0.15) is 5.10 Å². The van der Waals surface area contributed by atoms with Crippen LogP contribution in [0.15, 0.2) is 47.7 Å². The summed E-state index contributed by atoms with van der Waals surface area (Å²) in [4.78, 5) is 19.0. The zero-order valence-corrected chi connectivity index (χ0v) is 10.7. The molecule has 0 aliphatic rings. The largest absolute Gasteiger partial charge is 0.303 e. The number of amides is 1. The maximum absolute atomic E-state index is 12.1. The minimum atomic E-state index is -0.318. The average Bonchev–Trinajstić information content (AvgIpc) is 2.92. The molecular formula is C13H9N7O. The van der Waals surface area contributed by atoms with Crippen molar-refractivity contribution in [3.63, 3.8) is 0 Å². The smallest absolute Gasteiger partial charge is 0.256 e. The number of carbonyl (C=O) groups excluding carboxylic acids is 1. The number of H-pyrrole nitrogens is 1. The minimum Gasteiger partial charge on any atom is -0.303 e. The molecule has 0 spiro atoms. The van der Waals surface area contributed by atoms with Crippen LogP contribution in [0.5, 0.6) is 0 Å². The number of carbonyl (C=O) groups is 1. The predicted octanol–water partition coefficient (Wildman–Crippen LogP) is 3.15. The Morgan fingerprint density at radius 2 is 2.10 bits per heavy atom. The van der Waals surface area contributed by atoms with E-state index in [1.807, 2.05) is 6.07 Å². The molecule has 0 unspecified atom stereocenters. The normalized spacial score (nSPS) is 10.1. The van der Waals surface area contributed by atoms with Gasteiger partial charge in [0.05, 0.1) is 5.52 Å². The average molecular weight is 279 g/mol. The number of fused-ring (bicyclic) bond motifs is 1. The van der Waals surface area contributed by atoms with Crippen LogP contribution in [-0.4, -0.2) is 21.1 Å². The second kappa shape index (κ2) is 5.32. The van der Waals surface area contributed by atoms with Crippen LogP contribution in [0.3, 0.4) is 0 Å². The van der Waals surface area contributed by atoms with Crippen LogP contribution in [0.25, 0.3) is 21.5 Å². The SMILES string of the molecule is [N-]=[N+]=Nc1ccc(C(=O)Nc2n[nH]c3cccnc23)cc1. The van der Waals surface area contributed by atoms with E-state index in [1.54, 1.807) is 36.5 Å². The van der Waals surface area contributed by atoms with E-state index >= 15 is 0 Å². The van der Waals surface area contributed by atoms with Crippen LogP contribution in [0.2, 0.25) is 0 Å². The van der Waals surface area contributed by atoms with E-state index in [-0.39, 0.29) is 5.91 Å². The van der Waals surface area contributed by atoms with Gasteiger partial charge in [0.15, 0.2) is 5.82 Å². The van der Waals surface area contributed by atoms with Gasteiger partial charge in [-0.1, -0.05) is 17.2 Å². The summed E-state index contributed by atoms with van der Waals surface area (Å²) in [7, 11) is 0. The number of aromatic nitrogens is 3. The molecule has 0 radical (unpaired) electrons. The summed E-state index contributed by atoms with van der Waals surface area (Å²) in [6.45, 7) is 0. The van der Waals surface area contributed by atoms with Gasteiger partial charge < -0.3 is 5.32 Å². The fourth-order valence-electron chi connectivity index (χ4n) is 1.85.